The van der Waals surface area contributed by atoms with Gasteiger partial charge in [0.1, 0.15) is 0 Å². The number of anilines is 1. The molecule has 2 aromatic carbocycles. The van der Waals surface area contributed by atoms with Gasteiger partial charge in [0.2, 0.25) is 0 Å². The predicted molar refractivity (Wildman–Crippen MR) is 151 cm³/mol. The zero-order chi connectivity index (χ0) is 23.1. The lowest BCUT2D eigenvalue weighted by molar-refractivity contribution is 0.220. The third-order valence-electron chi connectivity index (χ3n) is 8.75. The fourth-order valence-corrected chi connectivity index (χ4v) is 6.72. The van der Waals surface area contributed by atoms with Gasteiger partial charge in [0.05, 0.1) is 5.52 Å². The Morgan fingerprint density at radius 3 is 2.46 bits per heavy atom. The lowest BCUT2D eigenvalue weighted by atomic mass is 9.76. The summed E-state index contributed by atoms with van der Waals surface area (Å²) < 4.78 is 2.53. The Morgan fingerprint density at radius 1 is 0.857 bits per heavy atom. The van der Waals surface area contributed by atoms with Crippen LogP contribution in [0.4, 0.5) is 5.82 Å². The van der Waals surface area contributed by atoms with E-state index in [9.17, 15) is 0 Å². The molecule has 0 N–H and O–H groups in total. The van der Waals surface area contributed by atoms with Crippen molar-refractivity contribution in [2.24, 2.45) is 11.8 Å². The lowest BCUT2D eigenvalue weighted by Gasteiger charge is -2.39. The van der Waals surface area contributed by atoms with Crippen LogP contribution in [-0.2, 0) is 6.54 Å². The first-order valence-electron chi connectivity index (χ1n) is 13.4. The van der Waals surface area contributed by atoms with Crippen LogP contribution >= 0.6 is 12.4 Å². The molecule has 0 amide bonds. The second kappa shape index (κ2) is 10.2. The fraction of sp³-hybridized carbons (Fsp3) is 0.452. The molecule has 1 saturated heterocycles. The Kier molecular flexibility index (Phi) is 7.07. The molecule has 4 heteroatoms. The molecule has 1 atom stereocenters. The van der Waals surface area contributed by atoms with Gasteiger partial charge in [-0.05, 0) is 72.6 Å². The van der Waals surface area contributed by atoms with E-state index < -0.39 is 0 Å². The highest BCUT2D eigenvalue weighted by Crippen LogP contribution is 2.38. The molecule has 1 unspecified atom stereocenters. The number of halogens is 1. The van der Waals surface area contributed by atoms with Crippen LogP contribution in [0.1, 0.15) is 61.8 Å². The highest BCUT2D eigenvalue weighted by molar-refractivity contribution is 5.93. The van der Waals surface area contributed by atoms with E-state index >= 15 is 0 Å². The first kappa shape index (κ1) is 24.2. The molecule has 184 valence electrons. The summed E-state index contributed by atoms with van der Waals surface area (Å²) in [7, 11) is 0. The van der Waals surface area contributed by atoms with E-state index in [0.29, 0.717) is 0 Å². The van der Waals surface area contributed by atoms with Crippen LogP contribution in [0.15, 0.2) is 54.7 Å². The van der Waals surface area contributed by atoms with Crippen molar-refractivity contribution < 1.29 is 0 Å². The zero-order valence-electron chi connectivity index (χ0n) is 21.2. The minimum atomic E-state index is 0. The molecule has 2 aliphatic rings. The maximum atomic E-state index is 5.02. The molecule has 1 saturated carbocycles. The van der Waals surface area contributed by atoms with Gasteiger partial charge in [-0.1, -0.05) is 68.5 Å². The monoisotopic (exact) mass is 487 g/mol. The summed E-state index contributed by atoms with van der Waals surface area (Å²) in [6, 6.07) is 17.8. The van der Waals surface area contributed by atoms with Gasteiger partial charge >= 0.3 is 0 Å². The van der Waals surface area contributed by atoms with Crippen molar-refractivity contribution in [3.05, 3.63) is 71.5 Å². The van der Waals surface area contributed by atoms with Gasteiger partial charge < -0.3 is 9.47 Å². The largest absolute Gasteiger partial charge is 0.355 e. The summed E-state index contributed by atoms with van der Waals surface area (Å²) in [5, 5.41) is 3.99. The molecule has 1 aliphatic heterocycles. The molecule has 4 aromatic rings. The number of aromatic nitrogens is 2. The van der Waals surface area contributed by atoms with E-state index in [4.69, 9.17) is 4.98 Å². The van der Waals surface area contributed by atoms with E-state index in [2.05, 4.69) is 71.8 Å². The number of rotatable bonds is 4. The molecular weight excluding hydrogens is 450 g/mol. The molecule has 2 aromatic heterocycles. The second-order valence-electron chi connectivity index (χ2n) is 10.8. The Labute approximate surface area is 216 Å². The van der Waals surface area contributed by atoms with Crippen molar-refractivity contribution in [3.63, 3.8) is 0 Å². The molecule has 1 aliphatic carbocycles. The van der Waals surface area contributed by atoms with Gasteiger partial charge in [-0.2, -0.15) is 0 Å². The van der Waals surface area contributed by atoms with Crippen LogP contribution in [0.25, 0.3) is 21.7 Å². The molecule has 3 heterocycles. The third-order valence-corrected chi connectivity index (χ3v) is 8.75. The quantitative estimate of drug-likeness (QED) is 0.290. The van der Waals surface area contributed by atoms with Crippen LogP contribution in [-0.4, -0.2) is 22.6 Å². The molecule has 35 heavy (non-hydrogen) atoms. The van der Waals surface area contributed by atoms with Crippen LogP contribution in [0.3, 0.4) is 0 Å². The van der Waals surface area contributed by atoms with E-state index in [-0.39, 0.29) is 12.4 Å². The maximum absolute atomic E-state index is 5.02. The topological polar surface area (TPSA) is 21.1 Å². The zero-order valence-corrected chi connectivity index (χ0v) is 22.0. The van der Waals surface area contributed by atoms with E-state index in [1.165, 1.54) is 95.8 Å². The standard InChI is InChI=1S/C31H37N3.ClH/c1-22-23(2)34(20-24-14-15-26-11-6-7-12-27(26)19-24)30-29(22)16-17-32-31(30)33-18-8-13-28(21-33)25-9-4-3-5-10-25;/h6-7,11-12,14-17,19,25,28H,3-5,8-10,13,18,20-21H2,1-2H3;1H. The summed E-state index contributed by atoms with van der Waals surface area (Å²) in [6.07, 6.45) is 11.9. The van der Waals surface area contributed by atoms with E-state index in [0.717, 1.165) is 24.9 Å². The van der Waals surface area contributed by atoms with Crippen molar-refractivity contribution in [2.45, 2.75) is 65.3 Å². The first-order valence-corrected chi connectivity index (χ1v) is 13.4. The molecule has 0 spiro atoms. The average molecular weight is 488 g/mol. The number of benzene rings is 2. The normalized spacial score (nSPS) is 19.3. The minimum Gasteiger partial charge on any atom is -0.355 e. The van der Waals surface area contributed by atoms with Crippen LogP contribution in [0, 0.1) is 25.7 Å². The fourth-order valence-electron chi connectivity index (χ4n) is 6.72. The number of fused-ring (bicyclic) bond motifs is 2. The molecule has 3 nitrogen and oxygen atoms in total. The van der Waals surface area contributed by atoms with Crippen molar-refractivity contribution in [2.75, 3.05) is 18.0 Å². The molecule has 0 bridgehead atoms. The van der Waals surface area contributed by atoms with Gasteiger partial charge in [0, 0.05) is 36.9 Å². The highest BCUT2D eigenvalue weighted by Gasteiger charge is 2.30. The van der Waals surface area contributed by atoms with Crippen molar-refractivity contribution in [1.29, 1.82) is 0 Å². The average Bonchev–Trinajstić information content (AvgIpc) is 3.14. The lowest BCUT2D eigenvalue weighted by Crippen LogP contribution is -2.39. The van der Waals surface area contributed by atoms with Crippen LogP contribution < -0.4 is 4.90 Å². The summed E-state index contributed by atoms with van der Waals surface area (Å²) in [5.41, 5.74) is 5.43. The Morgan fingerprint density at radius 2 is 1.63 bits per heavy atom. The molecule has 2 fully saturated rings. The number of hydrogen-bond acceptors (Lipinski definition) is 2. The van der Waals surface area contributed by atoms with Gasteiger partial charge in [0.25, 0.3) is 0 Å². The smallest absolute Gasteiger partial charge is 0.153 e. The Balaban J connectivity index is 0.00000253. The van der Waals surface area contributed by atoms with Gasteiger partial charge in [-0.15, -0.1) is 12.4 Å². The summed E-state index contributed by atoms with van der Waals surface area (Å²) in [4.78, 5) is 7.65. The number of hydrogen-bond donors (Lipinski definition) is 0. The third kappa shape index (κ3) is 4.56. The second-order valence-corrected chi connectivity index (χ2v) is 10.8. The van der Waals surface area contributed by atoms with Crippen molar-refractivity contribution in [1.82, 2.24) is 9.55 Å². The van der Waals surface area contributed by atoms with Gasteiger partial charge in [-0.3, -0.25) is 0 Å². The number of piperidine rings is 1. The van der Waals surface area contributed by atoms with Crippen LogP contribution in [0.5, 0.6) is 0 Å². The Hall–Kier alpha value is -2.52. The number of nitrogens with zero attached hydrogens (tertiary/aromatic N) is 3. The van der Waals surface area contributed by atoms with E-state index in [1.54, 1.807) is 0 Å². The first-order chi connectivity index (χ1) is 16.7. The predicted octanol–water partition coefficient (Wildman–Crippen LogP) is 8.07. The molecule has 6 rings (SSSR count). The SMILES string of the molecule is Cc1c(C)n(Cc2ccc3ccccc3c2)c2c(N3CCCC(C4CCCCC4)C3)nccc12.Cl. The molecule has 0 radical (unpaired) electrons. The van der Waals surface area contributed by atoms with Gasteiger partial charge in [0.15, 0.2) is 5.82 Å². The minimum absolute atomic E-state index is 0. The highest BCUT2D eigenvalue weighted by atomic mass is 35.5. The summed E-state index contributed by atoms with van der Waals surface area (Å²) in [5.74, 6) is 2.95. The van der Waals surface area contributed by atoms with Crippen molar-refractivity contribution >= 4 is 39.9 Å². The van der Waals surface area contributed by atoms with Crippen LogP contribution in [0.2, 0.25) is 0 Å². The number of pyridine rings is 1. The maximum Gasteiger partial charge on any atom is 0.153 e. The Bertz CT molecular complexity index is 1320. The number of aryl methyl sites for hydroxylation is 1. The van der Waals surface area contributed by atoms with Gasteiger partial charge in [-0.25, -0.2) is 4.98 Å². The summed E-state index contributed by atoms with van der Waals surface area (Å²) in [6.45, 7) is 7.75. The summed E-state index contributed by atoms with van der Waals surface area (Å²) >= 11 is 0. The van der Waals surface area contributed by atoms with E-state index in [1.807, 2.05) is 6.20 Å². The van der Waals surface area contributed by atoms with Crippen molar-refractivity contribution in [3.8, 4) is 0 Å². The molecular formula is C31H38ClN3.